The number of hydrogen-bond donors (Lipinski definition) is 2. The summed E-state index contributed by atoms with van der Waals surface area (Å²) in [5, 5.41) is 12.9. The van der Waals surface area contributed by atoms with Crippen molar-refractivity contribution >= 4 is 29.4 Å². The second-order valence-electron chi connectivity index (χ2n) is 4.46. The van der Waals surface area contributed by atoms with Crippen LogP contribution in [0.25, 0.3) is 6.08 Å². The molecular formula is C16H13NO3S. The van der Waals surface area contributed by atoms with Gasteiger partial charge in [0, 0.05) is 10.5 Å². The van der Waals surface area contributed by atoms with E-state index in [1.807, 2.05) is 24.3 Å². The lowest BCUT2D eigenvalue weighted by Gasteiger charge is -2.18. The van der Waals surface area contributed by atoms with Crippen LogP contribution in [-0.4, -0.2) is 18.1 Å². The fraction of sp³-hybridized carbons (Fsp3) is 0.0625. The summed E-state index contributed by atoms with van der Waals surface area (Å²) in [6.45, 7) is 0. The van der Waals surface area contributed by atoms with E-state index in [4.69, 9.17) is 4.74 Å². The molecule has 1 aliphatic rings. The summed E-state index contributed by atoms with van der Waals surface area (Å²) < 4.78 is 5.07. The number of anilines is 1. The Morgan fingerprint density at radius 2 is 2.00 bits per heavy atom. The number of hydrogen-bond acceptors (Lipinski definition) is 4. The van der Waals surface area contributed by atoms with Gasteiger partial charge in [-0.2, -0.15) is 0 Å². The maximum absolute atomic E-state index is 12.1. The standard InChI is InChI=1S/C16H13NO3S/c1-20-12-7-4-5-10(15(12)18)9-14-16(19)17-11-6-2-3-8-13(11)21-14/h2-9,18H,1H3,(H,17,19)/b14-9-. The zero-order chi connectivity index (χ0) is 14.8. The average Bonchev–Trinajstić information content (AvgIpc) is 2.50. The molecule has 3 rings (SSSR count). The van der Waals surface area contributed by atoms with Crippen LogP contribution < -0.4 is 10.1 Å². The summed E-state index contributed by atoms with van der Waals surface area (Å²) in [6, 6.07) is 12.8. The first-order valence-corrected chi connectivity index (χ1v) is 7.16. The Balaban J connectivity index is 2.00. The van der Waals surface area contributed by atoms with Crippen molar-refractivity contribution in [1.82, 2.24) is 0 Å². The maximum atomic E-state index is 12.1. The van der Waals surface area contributed by atoms with E-state index in [1.54, 1.807) is 24.3 Å². The second-order valence-corrected chi connectivity index (χ2v) is 5.54. The number of amides is 1. The fourth-order valence-electron chi connectivity index (χ4n) is 2.06. The van der Waals surface area contributed by atoms with E-state index < -0.39 is 0 Å². The number of para-hydroxylation sites is 2. The van der Waals surface area contributed by atoms with Gasteiger partial charge in [-0.15, -0.1) is 0 Å². The number of aromatic hydroxyl groups is 1. The number of nitrogens with one attached hydrogen (secondary N) is 1. The molecule has 0 spiro atoms. The number of fused-ring (bicyclic) bond motifs is 1. The number of phenolic OH excluding ortho intramolecular Hbond substituents is 1. The van der Waals surface area contributed by atoms with Gasteiger partial charge < -0.3 is 15.2 Å². The molecule has 106 valence electrons. The van der Waals surface area contributed by atoms with Gasteiger partial charge in [0.15, 0.2) is 11.5 Å². The molecule has 2 N–H and O–H groups in total. The largest absolute Gasteiger partial charge is 0.504 e. The quantitative estimate of drug-likeness (QED) is 0.833. The Morgan fingerprint density at radius 1 is 1.19 bits per heavy atom. The smallest absolute Gasteiger partial charge is 0.262 e. The van der Waals surface area contributed by atoms with Crippen LogP contribution in [0.5, 0.6) is 11.5 Å². The van der Waals surface area contributed by atoms with E-state index in [9.17, 15) is 9.90 Å². The maximum Gasteiger partial charge on any atom is 0.262 e. The van der Waals surface area contributed by atoms with E-state index in [2.05, 4.69) is 5.32 Å². The highest BCUT2D eigenvalue weighted by Gasteiger charge is 2.21. The van der Waals surface area contributed by atoms with Crippen molar-refractivity contribution in [3.63, 3.8) is 0 Å². The van der Waals surface area contributed by atoms with Crippen molar-refractivity contribution in [3.05, 3.63) is 52.9 Å². The molecule has 1 amide bonds. The molecule has 0 radical (unpaired) electrons. The topological polar surface area (TPSA) is 58.6 Å². The molecule has 0 fully saturated rings. The van der Waals surface area contributed by atoms with E-state index in [0.29, 0.717) is 16.2 Å². The Hall–Kier alpha value is -2.40. The van der Waals surface area contributed by atoms with Crippen molar-refractivity contribution < 1.29 is 14.6 Å². The van der Waals surface area contributed by atoms with Gasteiger partial charge in [0.05, 0.1) is 17.7 Å². The van der Waals surface area contributed by atoms with Crippen LogP contribution in [0, 0.1) is 0 Å². The Kier molecular flexibility index (Phi) is 3.58. The number of rotatable bonds is 2. The summed E-state index contributed by atoms with van der Waals surface area (Å²) in [7, 11) is 1.49. The van der Waals surface area contributed by atoms with Crippen LogP contribution in [0.3, 0.4) is 0 Å². The highest BCUT2D eigenvalue weighted by molar-refractivity contribution is 8.04. The van der Waals surface area contributed by atoms with Gasteiger partial charge in [-0.1, -0.05) is 36.0 Å². The zero-order valence-electron chi connectivity index (χ0n) is 11.3. The minimum atomic E-state index is -0.180. The Morgan fingerprint density at radius 3 is 2.81 bits per heavy atom. The molecule has 21 heavy (non-hydrogen) atoms. The average molecular weight is 299 g/mol. The molecule has 0 aromatic heterocycles. The molecule has 0 saturated heterocycles. The van der Waals surface area contributed by atoms with Gasteiger partial charge in [-0.25, -0.2) is 0 Å². The van der Waals surface area contributed by atoms with Gasteiger partial charge in [-0.05, 0) is 24.3 Å². The van der Waals surface area contributed by atoms with Gasteiger partial charge >= 0.3 is 0 Å². The van der Waals surface area contributed by atoms with Crippen molar-refractivity contribution in [1.29, 1.82) is 0 Å². The molecule has 1 heterocycles. The third kappa shape index (κ3) is 2.60. The molecular weight excluding hydrogens is 286 g/mol. The SMILES string of the molecule is COc1cccc(/C=C2\Sc3ccccc3NC2=O)c1O. The Bertz CT molecular complexity index is 740. The van der Waals surface area contributed by atoms with Crippen molar-refractivity contribution in [2.75, 3.05) is 12.4 Å². The van der Waals surface area contributed by atoms with Gasteiger partial charge in [0.1, 0.15) is 0 Å². The molecule has 5 heteroatoms. The predicted molar refractivity (Wildman–Crippen MR) is 83.6 cm³/mol. The van der Waals surface area contributed by atoms with Crippen LogP contribution in [0.4, 0.5) is 5.69 Å². The van der Waals surface area contributed by atoms with Crippen molar-refractivity contribution in [2.24, 2.45) is 0 Å². The second kappa shape index (κ2) is 5.54. The molecule has 2 aromatic carbocycles. The number of carbonyl (C=O) groups is 1. The predicted octanol–water partition coefficient (Wildman–Crippen LogP) is 3.49. The van der Waals surface area contributed by atoms with Crippen LogP contribution in [0.15, 0.2) is 52.3 Å². The van der Waals surface area contributed by atoms with E-state index in [0.717, 1.165) is 10.6 Å². The Labute approximate surface area is 126 Å². The molecule has 0 unspecified atom stereocenters. The third-order valence-electron chi connectivity index (χ3n) is 3.12. The fourth-order valence-corrected chi connectivity index (χ4v) is 3.01. The van der Waals surface area contributed by atoms with E-state index in [-0.39, 0.29) is 11.7 Å². The van der Waals surface area contributed by atoms with Gasteiger partial charge in [0.2, 0.25) is 0 Å². The minimum absolute atomic E-state index is 0.0276. The third-order valence-corrected chi connectivity index (χ3v) is 4.21. The van der Waals surface area contributed by atoms with Crippen LogP contribution in [0.1, 0.15) is 5.56 Å². The lowest BCUT2D eigenvalue weighted by molar-refractivity contribution is -0.112. The van der Waals surface area contributed by atoms with Gasteiger partial charge in [0.25, 0.3) is 5.91 Å². The first kappa shape index (κ1) is 13.6. The summed E-state index contributed by atoms with van der Waals surface area (Å²) in [5.74, 6) is 0.228. The number of methoxy groups -OCH3 is 1. The minimum Gasteiger partial charge on any atom is -0.504 e. The lowest BCUT2D eigenvalue weighted by Crippen LogP contribution is -2.17. The first-order valence-electron chi connectivity index (χ1n) is 6.35. The lowest BCUT2D eigenvalue weighted by atomic mass is 10.1. The molecule has 0 aliphatic carbocycles. The normalized spacial score (nSPS) is 15.5. The zero-order valence-corrected chi connectivity index (χ0v) is 12.1. The summed E-state index contributed by atoms with van der Waals surface area (Å²) in [5.41, 5.74) is 1.35. The summed E-state index contributed by atoms with van der Waals surface area (Å²) in [4.78, 5) is 13.6. The first-order chi connectivity index (χ1) is 10.2. The summed E-state index contributed by atoms with van der Waals surface area (Å²) >= 11 is 1.38. The number of thioether (sulfide) groups is 1. The summed E-state index contributed by atoms with van der Waals surface area (Å²) in [6.07, 6.45) is 1.66. The van der Waals surface area contributed by atoms with Crippen LogP contribution in [0.2, 0.25) is 0 Å². The van der Waals surface area contributed by atoms with E-state index in [1.165, 1.54) is 18.9 Å². The highest BCUT2D eigenvalue weighted by Crippen LogP contribution is 2.40. The monoisotopic (exact) mass is 299 g/mol. The number of carbonyl (C=O) groups excluding carboxylic acids is 1. The molecule has 0 atom stereocenters. The number of phenols is 1. The molecule has 1 aliphatic heterocycles. The van der Waals surface area contributed by atoms with Crippen molar-refractivity contribution in [3.8, 4) is 11.5 Å². The number of ether oxygens (including phenoxy) is 1. The van der Waals surface area contributed by atoms with E-state index >= 15 is 0 Å². The highest BCUT2D eigenvalue weighted by atomic mass is 32.2. The number of benzene rings is 2. The van der Waals surface area contributed by atoms with Gasteiger partial charge in [-0.3, -0.25) is 4.79 Å². The molecule has 0 saturated carbocycles. The molecule has 4 nitrogen and oxygen atoms in total. The van der Waals surface area contributed by atoms with Crippen LogP contribution >= 0.6 is 11.8 Å². The van der Waals surface area contributed by atoms with Crippen molar-refractivity contribution in [2.45, 2.75) is 4.90 Å². The molecule has 0 bridgehead atoms. The van der Waals surface area contributed by atoms with Crippen LogP contribution in [-0.2, 0) is 4.79 Å². The molecule has 2 aromatic rings.